The number of aryl methyl sites for hydroxylation is 2. The number of benzene rings is 4. The van der Waals surface area contributed by atoms with Crippen molar-refractivity contribution in [3.05, 3.63) is 96.1 Å². The second-order valence-corrected chi connectivity index (χ2v) is 11.4. The van der Waals surface area contributed by atoms with Gasteiger partial charge in [-0.15, -0.1) is 0 Å². The lowest BCUT2D eigenvalue weighted by Crippen LogP contribution is -1.96. The van der Waals surface area contributed by atoms with Crippen molar-refractivity contribution >= 4 is 43.4 Å². The Bertz CT molecular complexity index is 2030. The van der Waals surface area contributed by atoms with Gasteiger partial charge in [-0.3, -0.25) is 9.11 Å². The van der Waals surface area contributed by atoms with Gasteiger partial charge in [0.05, 0.1) is 4.90 Å². The zero-order valence-electron chi connectivity index (χ0n) is 21.2. The Kier molecular flexibility index (Phi) is 6.35. The van der Waals surface area contributed by atoms with E-state index in [2.05, 4.69) is 0 Å². The fraction of sp³-hybridized carbons (Fsp3) is 0.0667. The molecule has 40 heavy (non-hydrogen) atoms. The van der Waals surface area contributed by atoms with Gasteiger partial charge in [-0.05, 0) is 49.2 Å². The van der Waals surface area contributed by atoms with Crippen molar-refractivity contribution in [3.63, 3.8) is 0 Å². The molecule has 0 bridgehead atoms. The van der Waals surface area contributed by atoms with Crippen LogP contribution in [-0.2, 0) is 21.5 Å². The maximum atomic E-state index is 11.5. The zero-order valence-corrected chi connectivity index (χ0v) is 22.9. The molecule has 202 valence electrons. The smallest absolute Gasteiger partial charge is 0.357 e. The first-order chi connectivity index (χ1) is 19.1. The quantitative estimate of drug-likeness (QED) is 0.154. The molecule has 4 aromatic carbocycles. The van der Waals surface area contributed by atoms with Gasteiger partial charge in [-0.2, -0.15) is 12.6 Å². The van der Waals surface area contributed by atoms with E-state index in [1.54, 1.807) is 24.3 Å². The van der Waals surface area contributed by atoms with Crippen LogP contribution < -0.4 is 4.18 Å². The van der Waals surface area contributed by atoms with Crippen LogP contribution in [0.25, 0.3) is 55.7 Å². The largest absolute Gasteiger partial charge is 0.456 e. The Morgan fingerprint density at radius 1 is 0.675 bits per heavy atom. The summed E-state index contributed by atoms with van der Waals surface area (Å²) in [5, 5.41) is 1.66. The molecule has 0 fully saturated rings. The highest BCUT2D eigenvalue weighted by molar-refractivity contribution is 7.85. The monoisotopic (exact) mass is 574 g/mol. The molecule has 1 unspecified atom stereocenters. The lowest BCUT2D eigenvalue weighted by atomic mass is 9.99. The lowest BCUT2D eigenvalue weighted by molar-refractivity contribution is 0.457. The van der Waals surface area contributed by atoms with E-state index in [0.29, 0.717) is 22.7 Å². The Balaban J connectivity index is 1.27. The summed E-state index contributed by atoms with van der Waals surface area (Å²) in [5.74, 6) is 1.58. The third-order valence-electron chi connectivity index (χ3n) is 6.91. The molecule has 2 heterocycles. The molecule has 0 spiro atoms. The first kappa shape index (κ1) is 26.0. The molecule has 10 heteroatoms. The summed E-state index contributed by atoms with van der Waals surface area (Å²) in [5.41, 5.74) is 6.51. The van der Waals surface area contributed by atoms with Crippen molar-refractivity contribution in [3.8, 4) is 39.5 Å². The number of hydrogen-bond acceptors (Lipinski definition) is 6. The molecule has 0 aliphatic rings. The molecule has 0 amide bonds. The van der Waals surface area contributed by atoms with Crippen LogP contribution in [0.5, 0.6) is 5.75 Å². The van der Waals surface area contributed by atoms with E-state index in [-0.39, 0.29) is 10.6 Å². The van der Waals surface area contributed by atoms with Gasteiger partial charge in [0.15, 0.2) is 0 Å². The van der Waals surface area contributed by atoms with Gasteiger partial charge < -0.3 is 13.0 Å². The Morgan fingerprint density at radius 3 is 1.60 bits per heavy atom. The van der Waals surface area contributed by atoms with Gasteiger partial charge in [0.1, 0.15) is 28.4 Å². The fourth-order valence-corrected chi connectivity index (χ4v) is 5.65. The van der Waals surface area contributed by atoms with Crippen LogP contribution in [0.4, 0.5) is 0 Å². The SMILES string of the molecule is Cc1c(-c2ccc(-c3ccc(-c4oc5cc(S(=O)(=O)O)ccc5c4C)cc3)cc2)oc2cc(OS(=O)O)ccc12. The molecule has 6 aromatic rings. The van der Waals surface area contributed by atoms with Crippen molar-refractivity contribution in [2.24, 2.45) is 0 Å². The van der Waals surface area contributed by atoms with Crippen molar-refractivity contribution in [2.75, 3.05) is 0 Å². The highest BCUT2D eigenvalue weighted by atomic mass is 32.2. The molecule has 1 atom stereocenters. The third kappa shape index (κ3) is 4.71. The summed E-state index contributed by atoms with van der Waals surface area (Å²) < 4.78 is 69.2. The Morgan fingerprint density at radius 2 is 1.12 bits per heavy atom. The van der Waals surface area contributed by atoms with Crippen LogP contribution in [0.15, 0.2) is 98.7 Å². The van der Waals surface area contributed by atoms with E-state index in [4.69, 9.17) is 17.6 Å². The van der Waals surface area contributed by atoms with Gasteiger partial charge in [-0.25, -0.2) is 0 Å². The highest BCUT2D eigenvalue weighted by Gasteiger charge is 2.17. The summed E-state index contributed by atoms with van der Waals surface area (Å²) in [6.07, 6.45) is 0. The van der Waals surface area contributed by atoms with E-state index >= 15 is 0 Å². The van der Waals surface area contributed by atoms with Crippen LogP contribution in [0.3, 0.4) is 0 Å². The molecule has 0 saturated carbocycles. The molecule has 0 saturated heterocycles. The van der Waals surface area contributed by atoms with Gasteiger partial charge in [0, 0.05) is 45.2 Å². The minimum absolute atomic E-state index is 0.213. The number of hydrogen-bond donors (Lipinski definition) is 2. The van der Waals surface area contributed by atoms with Crippen molar-refractivity contribution in [1.82, 2.24) is 0 Å². The zero-order chi connectivity index (χ0) is 28.2. The minimum Gasteiger partial charge on any atom is -0.456 e. The standard InChI is InChI=1S/C30H22O8S2/c1-17-25-13-11-23(38-39(31)32)15-27(25)36-29(17)21-7-3-19(4-8-21)20-5-9-22(10-6-20)30-18(2)26-14-12-24(40(33,34)35)16-28(26)37-30/h3-16H,1-2H3,(H,31,32)(H,33,34,35). The van der Waals surface area contributed by atoms with Crippen LogP contribution in [0.2, 0.25) is 0 Å². The predicted molar refractivity (Wildman–Crippen MR) is 153 cm³/mol. The summed E-state index contributed by atoms with van der Waals surface area (Å²) in [7, 11) is -4.32. The van der Waals surface area contributed by atoms with Gasteiger partial charge in [0.2, 0.25) is 0 Å². The molecule has 8 nitrogen and oxygen atoms in total. The number of fused-ring (bicyclic) bond motifs is 2. The second-order valence-electron chi connectivity index (χ2n) is 9.36. The Hall–Kier alpha value is -4.22. The Labute approximate surface area is 232 Å². The predicted octanol–water partition coefficient (Wildman–Crippen LogP) is 7.56. The third-order valence-corrected chi connectivity index (χ3v) is 8.10. The van der Waals surface area contributed by atoms with Gasteiger partial charge in [-0.1, -0.05) is 48.5 Å². The topological polar surface area (TPSA) is 127 Å². The summed E-state index contributed by atoms with van der Waals surface area (Å²) in [6.45, 7) is 3.87. The summed E-state index contributed by atoms with van der Waals surface area (Å²) >= 11 is -2.41. The molecule has 2 aromatic heterocycles. The maximum Gasteiger partial charge on any atom is 0.357 e. The first-order valence-corrected chi connectivity index (χ1v) is 14.6. The van der Waals surface area contributed by atoms with Crippen molar-refractivity contribution in [1.29, 1.82) is 0 Å². The average Bonchev–Trinajstić information content (AvgIpc) is 3.44. The van der Waals surface area contributed by atoms with Crippen LogP contribution >= 0.6 is 0 Å². The van der Waals surface area contributed by atoms with E-state index in [0.717, 1.165) is 44.2 Å². The molecular formula is C30H22O8S2. The fourth-order valence-electron chi connectivity index (χ4n) is 4.89. The van der Waals surface area contributed by atoms with Gasteiger partial charge >= 0.3 is 11.4 Å². The molecule has 0 aliphatic heterocycles. The summed E-state index contributed by atoms with van der Waals surface area (Å²) in [4.78, 5) is -0.213. The van der Waals surface area contributed by atoms with E-state index in [9.17, 15) is 17.2 Å². The van der Waals surface area contributed by atoms with Crippen molar-refractivity contribution < 1.29 is 34.7 Å². The van der Waals surface area contributed by atoms with Gasteiger partial charge in [0.25, 0.3) is 10.1 Å². The second kappa shape index (κ2) is 9.76. The minimum atomic E-state index is -4.32. The lowest BCUT2D eigenvalue weighted by Gasteiger charge is -2.06. The van der Waals surface area contributed by atoms with Crippen molar-refractivity contribution in [2.45, 2.75) is 18.7 Å². The number of furan rings is 2. The molecule has 2 N–H and O–H groups in total. The highest BCUT2D eigenvalue weighted by Crippen LogP contribution is 2.37. The van der Waals surface area contributed by atoms with Crippen LogP contribution in [0.1, 0.15) is 11.1 Å². The van der Waals surface area contributed by atoms with Crippen LogP contribution in [-0.4, -0.2) is 21.7 Å². The van der Waals surface area contributed by atoms with E-state index < -0.39 is 21.5 Å². The molecular weight excluding hydrogens is 552 g/mol. The van der Waals surface area contributed by atoms with E-state index in [1.807, 2.05) is 62.4 Å². The number of rotatable bonds is 6. The molecule has 0 radical (unpaired) electrons. The average molecular weight is 575 g/mol. The molecule has 0 aliphatic carbocycles. The maximum absolute atomic E-state index is 11.5. The first-order valence-electron chi connectivity index (χ1n) is 12.1. The van der Waals surface area contributed by atoms with E-state index in [1.165, 1.54) is 12.1 Å². The normalized spacial score (nSPS) is 12.7. The van der Waals surface area contributed by atoms with Crippen LogP contribution in [0, 0.1) is 13.8 Å². The molecule has 6 rings (SSSR count). The summed E-state index contributed by atoms with van der Waals surface area (Å²) in [6, 6.07) is 25.1.